The molecule has 0 unspecified atom stereocenters. The average Bonchev–Trinajstić information content (AvgIpc) is 2.52. The molecule has 1 N–H and O–H groups in total. The van der Waals surface area contributed by atoms with E-state index in [1.807, 2.05) is 0 Å². The summed E-state index contributed by atoms with van der Waals surface area (Å²) in [6, 6.07) is 12.4. The van der Waals surface area contributed by atoms with Gasteiger partial charge in [-0.25, -0.2) is 4.39 Å². The van der Waals surface area contributed by atoms with Crippen LogP contribution in [0.3, 0.4) is 0 Å². The van der Waals surface area contributed by atoms with Crippen molar-refractivity contribution in [1.82, 2.24) is 0 Å². The average molecular weight is 314 g/mol. The van der Waals surface area contributed by atoms with Gasteiger partial charge in [-0.1, -0.05) is 29.4 Å². The van der Waals surface area contributed by atoms with Crippen LogP contribution in [0.5, 0.6) is 0 Å². The van der Waals surface area contributed by atoms with Gasteiger partial charge in [-0.2, -0.15) is 0 Å². The smallest absolute Gasteiger partial charge is 0.265 e. The van der Waals surface area contributed by atoms with E-state index < -0.39 is 5.91 Å². The predicted molar refractivity (Wildman–Crippen MR) is 85.0 cm³/mol. The summed E-state index contributed by atoms with van der Waals surface area (Å²) in [5.74, 6) is -0.879. The van der Waals surface area contributed by atoms with Gasteiger partial charge in [0.25, 0.3) is 5.91 Å². The van der Waals surface area contributed by atoms with Crippen LogP contribution in [-0.2, 0) is 9.63 Å². The molecule has 0 fully saturated rings. The van der Waals surface area contributed by atoms with E-state index in [4.69, 9.17) is 4.84 Å². The van der Waals surface area contributed by atoms with Crippen LogP contribution in [0.4, 0.5) is 10.1 Å². The maximum Gasteiger partial charge on any atom is 0.265 e. The van der Waals surface area contributed by atoms with E-state index in [1.54, 1.807) is 36.4 Å². The van der Waals surface area contributed by atoms with Crippen molar-refractivity contribution in [3.63, 3.8) is 0 Å². The van der Waals surface area contributed by atoms with E-state index in [1.165, 1.54) is 25.3 Å². The first-order chi connectivity index (χ1) is 11.0. The first kappa shape index (κ1) is 16.4. The molecule has 0 spiro atoms. The second kappa shape index (κ2) is 7.84. The van der Waals surface area contributed by atoms with Crippen LogP contribution in [-0.4, -0.2) is 24.5 Å². The molecule has 6 heteroatoms. The van der Waals surface area contributed by atoms with E-state index in [0.717, 1.165) is 0 Å². The number of nitrogens with one attached hydrogen (secondary N) is 1. The minimum absolute atomic E-state index is 0.0861. The van der Waals surface area contributed by atoms with Gasteiger partial charge in [0.1, 0.15) is 5.82 Å². The second-order valence-corrected chi connectivity index (χ2v) is 4.75. The minimum Gasteiger partial charge on any atom is -0.386 e. The normalized spacial score (nSPS) is 10.5. The van der Waals surface area contributed by atoms with E-state index in [9.17, 15) is 14.0 Å². The molecule has 5 nitrogen and oxygen atoms in total. The highest BCUT2D eigenvalue weighted by atomic mass is 19.1. The molecule has 2 aromatic carbocycles. The number of benzene rings is 2. The molecule has 0 aromatic heterocycles. The van der Waals surface area contributed by atoms with Crippen molar-refractivity contribution >= 4 is 23.6 Å². The fraction of sp³-hybridized carbons (Fsp3) is 0.118. The van der Waals surface area contributed by atoms with Gasteiger partial charge in [0.05, 0.1) is 6.21 Å². The highest BCUT2D eigenvalue weighted by Crippen LogP contribution is 2.11. The second-order valence-electron chi connectivity index (χ2n) is 4.75. The van der Waals surface area contributed by atoms with Crippen LogP contribution in [0, 0.1) is 5.82 Å². The summed E-state index contributed by atoms with van der Waals surface area (Å²) in [5.41, 5.74) is 1.54. The molecule has 0 bridgehead atoms. The fourth-order valence-corrected chi connectivity index (χ4v) is 1.79. The Morgan fingerprint density at radius 3 is 2.74 bits per heavy atom. The largest absolute Gasteiger partial charge is 0.386 e. The molecule has 1 amide bonds. The number of oxime groups is 1. The van der Waals surface area contributed by atoms with Crippen molar-refractivity contribution in [3.05, 3.63) is 65.5 Å². The summed E-state index contributed by atoms with van der Waals surface area (Å²) in [7, 11) is 0. The first-order valence-electron chi connectivity index (χ1n) is 6.86. The number of hydrogen-bond donors (Lipinski definition) is 1. The van der Waals surface area contributed by atoms with E-state index >= 15 is 0 Å². The molecular formula is C17H15FN2O3. The molecule has 0 saturated heterocycles. The zero-order valence-electron chi connectivity index (χ0n) is 12.5. The zero-order chi connectivity index (χ0) is 16.7. The van der Waals surface area contributed by atoms with E-state index in [0.29, 0.717) is 16.8 Å². The van der Waals surface area contributed by atoms with E-state index in [2.05, 4.69) is 10.5 Å². The van der Waals surface area contributed by atoms with Gasteiger partial charge in [-0.3, -0.25) is 9.59 Å². The lowest BCUT2D eigenvalue weighted by molar-refractivity contribution is -0.120. The molecule has 118 valence electrons. The predicted octanol–water partition coefficient (Wildman–Crippen LogP) is 3.02. The number of Topliss-reactive ketones (excluding diaryl/α,β-unsaturated/α-hetero) is 1. The van der Waals surface area contributed by atoms with Crippen LogP contribution >= 0.6 is 0 Å². The number of carbonyl (C=O) groups excluding carboxylic acids is 2. The molecule has 0 aliphatic carbocycles. The van der Waals surface area contributed by atoms with Gasteiger partial charge in [-0.15, -0.1) is 0 Å². The Bertz CT molecular complexity index is 744. The zero-order valence-corrected chi connectivity index (χ0v) is 12.5. The van der Waals surface area contributed by atoms with Crippen LogP contribution < -0.4 is 5.32 Å². The molecule has 0 saturated carbocycles. The number of nitrogens with zero attached hydrogens (tertiary/aromatic N) is 1. The number of rotatable bonds is 6. The van der Waals surface area contributed by atoms with Gasteiger partial charge in [0.15, 0.2) is 12.4 Å². The lowest BCUT2D eigenvalue weighted by Crippen LogP contribution is -2.17. The molecule has 2 rings (SSSR count). The maximum absolute atomic E-state index is 12.9. The molecular weight excluding hydrogens is 299 g/mol. The molecule has 23 heavy (non-hydrogen) atoms. The topological polar surface area (TPSA) is 67.8 Å². The molecule has 2 aromatic rings. The molecule has 0 heterocycles. The van der Waals surface area contributed by atoms with Gasteiger partial charge in [0.2, 0.25) is 0 Å². The Hall–Kier alpha value is -3.02. The van der Waals surface area contributed by atoms with Gasteiger partial charge in [0, 0.05) is 11.3 Å². The summed E-state index contributed by atoms with van der Waals surface area (Å²) in [6.07, 6.45) is 1.31. The van der Waals surface area contributed by atoms with Gasteiger partial charge >= 0.3 is 0 Å². The number of ketones is 1. The van der Waals surface area contributed by atoms with Crippen LogP contribution in [0.25, 0.3) is 0 Å². The fourth-order valence-electron chi connectivity index (χ4n) is 1.79. The third-order valence-corrected chi connectivity index (χ3v) is 2.87. The molecule has 0 aliphatic rings. The Labute approximate surface area is 132 Å². The van der Waals surface area contributed by atoms with Crippen molar-refractivity contribution < 1.29 is 18.8 Å². The Morgan fingerprint density at radius 2 is 2.00 bits per heavy atom. The number of anilines is 1. The Kier molecular flexibility index (Phi) is 5.57. The monoisotopic (exact) mass is 314 g/mol. The van der Waals surface area contributed by atoms with E-state index in [-0.39, 0.29) is 18.2 Å². The van der Waals surface area contributed by atoms with Crippen molar-refractivity contribution in [2.75, 3.05) is 11.9 Å². The Morgan fingerprint density at radius 1 is 1.22 bits per heavy atom. The lowest BCUT2D eigenvalue weighted by Gasteiger charge is -2.05. The summed E-state index contributed by atoms with van der Waals surface area (Å²) >= 11 is 0. The van der Waals surface area contributed by atoms with Crippen molar-refractivity contribution in [1.29, 1.82) is 0 Å². The highest BCUT2D eigenvalue weighted by Gasteiger charge is 2.05. The molecule has 0 atom stereocenters. The summed E-state index contributed by atoms with van der Waals surface area (Å²) in [6.45, 7) is 1.15. The third-order valence-electron chi connectivity index (χ3n) is 2.87. The first-order valence-corrected chi connectivity index (χ1v) is 6.86. The van der Waals surface area contributed by atoms with Gasteiger partial charge < -0.3 is 10.2 Å². The SMILES string of the molecule is CC(=O)c1cccc(NC(=O)CO/N=C\c2cccc(F)c2)c1. The standard InChI is InChI=1S/C17H15FN2O3/c1-12(21)14-5-3-7-16(9-14)20-17(22)11-23-19-10-13-4-2-6-15(18)8-13/h2-10H,11H2,1H3,(H,20,22)/b19-10-. The van der Waals surface area contributed by atoms with Gasteiger partial charge in [-0.05, 0) is 36.8 Å². The summed E-state index contributed by atoms with van der Waals surface area (Å²) in [5, 5.41) is 6.20. The number of carbonyl (C=O) groups is 2. The minimum atomic E-state index is -0.415. The quantitative estimate of drug-likeness (QED) is 0.506. The van der Waals surface area contributed by atoms with Crippen LogP contribution in [0.2, 0.25) is 0 Å². The number of halogens is 1. The Balaban J connectivity index is 1.83. The van der Waals surface area contributed by atoms with Crippen molar-refractivity contribution in [2.45, 2.75) is 6.92 Å². The summed E-state index contributed by atoms with van der Waals surface area (Å²) in [4.78, 5) is 27.8. The maximum atomic E-state index is 12.9. The van der Waals surface area contributed by atoms with Crippen LogP contribution in [0.1, 0.15) is 22.8 Å². The number of amides is 1. The number of hydrogen-bond acceptors (Lipinski definition) is 4. The third kappa shape index (κ3) is 5.35. The molecule has 0 radical (unpaired) electrons. The van der Waals surface area contributed by atoms with Crippen molar-refractivity contribution in [2.24, 2.45) is 5.16 Å². The summed E-state index contributed by atoms with van der Waals surface area (Å²) < 4.78 is 12.9. The van der Waals surface area contributed by atoms with Crippen LogP contribution in [0.15, 0.2) is 53.7 Å². The molecule has 0 aliphatic heterocycles. The van der Waals surface area contributed by atoms with Crippen molar-refractivity contribution in [3.8, 4) is 0 Å². The lowest BCUT2D eigenvalue weighted by atomic mass is 10.1. The highest BCUT2D eigenvalue weighted by molar-refractivity contribution is 5.97.